The fraction of sp³-hybridized carbons (Fsp3) is 1.00. The van der Waals surface area contributed by atoms with Crippen molar-refractivity contribution in [3.8, 4) is 0 Å². The van der Waals surface area contributed by atoms with Gasteiger partial charge in [-0.3, -0.25) is 0 Å². The van der Waals surface area contributed by atoms with Crippen LogP contribution in [0.4, 0.5) is 13.2 Å². The number of hydrogen-bond donors (Lipinski definition) is 0. The Morgan fingerprint density at radius 3 is 2.08 bits per heavy atom. The Labute approximate surface area is 76.3 Å². The van der Waals surface area contributed by atoms with Crippen molar-refractivity contribution in [2.75, 3.05) is 6.61 Å². The Balaban J connectivity index is 2.86. The van der Waals surface area contributed by atoms with Crippen molar-refractivity contribution in [1.29, 1.82) is 0 Å². The molecule has 0 spiro atoms. The van der Waals surface area contributed by atoms with E-state index >= 15 is 0 Å². The summed E-state index contributed by atoms with van der Waals surface area (Å²) >= 11 is 0. The van der Waals surface area contributed by atoms with Crippen molar-refractivity contribution in [2.24, 2.45) is 5.92 Å². The van der Waals surface area contributed by atoms with E-state index in [1.165, 1.54) is 0 Å². The second-order valence-electron chi connectivity index (χ2n) is 3.85. The van der Waals surface area contributed by atoms with Crippen molar-refractivity contribution in [3.05, 3.63) is 0 Å². The quantitative estimate of drug-likeness (QED) is 0.626. The van der Waals surface area contributed by atoms with E-state index in [-0.39, 0.29) is 13.0 Å². The Morgan fingerprint density at radius 1 is 1.23 bits per heavy atom. The zero-order valence-electron chi connectivity index (χ0n) is 7.95. The van der Waals surface area contributed by atoms with Gasteiger partial charge in [0.15, 0.2) is 5.60 Å². The average molecular weight is 196 g/mol. The summed E-state index contributed by atoms with van der Waals surface area (Å²) in [5.74, 6) is -0.507. The van der Waals surface area contributed by atoms with Crippen LogP contribution >= 0.6 is 0 Å². The van der Waals surface area contributed by atoms with Crippen LogP contribution in [0.2, 0.25) is 0 Å². The summed E-state index contributed by atoms with van der Waals surface area (Å²) in [7, 11) is 0. The lowest BCUT2D eigenvalue weighted by molar-refractivity contribution is -0.305. The van der Waals surface area contributed by atoms with Gasteiger partial charge in [0.25, 0.3) is 0 Å². The minimum atomic E-state index is -4.23. The molecule has 78 valence electrons. The maximum atomic E-state index is 12.7. The van der Waals surface area contributed by atoms with Crippen molar-refractivity contribution >= 4 is 0 Å². The highest BCUT2D eigenvalue weighted by Crippen LogP contribution is 2.45. The molecule has 0 aromatic rings. The van der Waals surface area contributed by atoms with Crippen LogP contribution in [0.5, 0.6) is 0 Å². The maximum Gasteiger partial charge on any atom is 0.417 e. The van der Waals surface area contributed by atoms with E-state index < -0.39 is 17.7 Å². The third-order valence-corrected chi connectivity index (χ3v) is 2.71. The molecule has 13 heavy (non-hydrogen) atoms. The van der Waals surface area contributed by atoms with Crippen molar-refractivity contribution in [3.63, 3.8) is 0 Å². The largest absolute Gasteiger partial charge is 0.417 e. The molecule has 1 atom stereocenters. The zero-order chi connectivity index (χ0) is 10.1. The highest BCUT2D eigenvalue weighted by atomic mass is 19.4. The molecular formula is C9H15F3O. The van der Waals surface area contributed by atoms with Gasteiger partial charge in [-0.15, -0.1) is 0 Å². The highest BCUT2D eigenvalue weighted by molar-refractivity contribution is 4.93. The van der Waals surface area contributed by atoms with Gasteiger partial charge >= 0.3 is 6.18 Å². The molecule has 0 radical (unpaired) electrons. The molecule has 1 aliphatic heterocycles. The molecule has 0 aliphatic carbocycles. The smallest absolute Gasteiger partial charge is 0.365 e. The van der Waals surface area contributed by atoms with Crippen LogP contribution in [0.3, 0.4) is 0 Å². The molecular weight excluding hydrogens is 181 g/mol. The third-order valence-electron chi connectivity index (χ3n) is 2.71. The summed E-state index contributed by atoms with van der Waals surface area (Å²) in [5.41, 5.74) is -1.88. The lowest BCUT2D eigenvalue weighted by atomic mass is 9.83. The zero-order valence-corrected chi connectivity index (χ0v) is 7.95. The molecule has 1 unspecified atom stereocenters. The number of halogens is 3. The summed E-state index contributed by atoms with van der Waals surface area (Å²) in [6.45, 7) is 3.37. The van der Waals surface area contributed by atoms with Gasteiger partial charge in [0.2, 0.25) is 0 Å². The predicted octanol–water partition coefficient (Wildman–Crippen LogP) is 3.14. The summed E-state index contributed by atoms with van der Waals surface area (Å²) in [4.78, 5) is 0. The molecule has 1 heterocycles. The van der Waals surface area contributed by atoms with E-state index in [1.54, 1.807) is 13.8 Å². The van der Waals surface area contributed by atoms with Gasteiger partial charge in [-0.25, -0.2) is 0 Å². The Morgan fingerprint density at radius 2 is 1.85 bits per heavy atom. The third kappa shape index (κ3) is 1.82. The first-order chi connectivity index (χ1) is 5.90. The van der Waals surface area contributed by atoms with Gasteiger partial charge in [0, 0.05) is 6.61 Å². The first kappa shape index (κ1) is 10.8. The highest BCUT2D eigenvalue weighted by Gasteiger charge is 2.58. The van der Waals surface area contributed by atoms with Crippen LogP contribution in [0.25, 0.3) is 0 Å². The van der Waals surface area contributed by atoms with Gasteiger partial charge in [-0.2, -0.15) is 13.2 Å². The van der Waals surface area contributed by atoms with Crippen molar-refractivity contribution in [1.82, 2.24) is 0 Å². The Bertz CT molecular complexity index is 168. The number of rotatable bonds is 1. The number of hydrogen-bond acceptors (Lipinski definition) is 1. The molecule has 0 N–H and O–H groups in total. The SMILES string of the molecule is CC(C)C1(C(F)(F)F)CCCCO1. The second kappa shape index (κ2) is 3.48. The van der Waals surface area contributed by atoms with Crippen LogP contribution in [-0.2, 0) is 4.74 Å². The molecule has 1 saturated heterocycles. The van der Waals surface area contributed by atoms with Crippen LogP contribution in [-0.4, -0.2) is 18.4 Å². The van der Waals surface area contributed by atoms with E-state index in [0.29, 0.717) is 6.42 Å². The van der Waals surface area contributed by atoms with Gasteiger partial charge < -0.3 is 4.74 Å². The molecule has 4 heteroatoms. The van der Waals surface area contributed by atoms with E-state index in [0.717, 1.165) is 6.42 Å². The van der Waals surface area contributed by atoms with Crippen molar-refractivity contribution < 1.29 is 17.9 Å². The fourth-order valence-corrected chi connectivity index (χ4v) is 1.82. The van der Waals surface area contributed by atoms with Gasteiger partial charge in [0.05, 0.1) is 0 Å². The number of alkyl halides is 3. The van der Waals surface area contributed by atoms with Crippen LogP contribution in [0, 0.1) is 5.92 Å². The van der Waals surface area contributed by atoms with Gasteiger partial charge in [-0.05, 0) is 25.2 Å². The molecule has 0 amide bonds. The van der Waals surface area contributed by atoms with Gasteiger partial charge in [-0.1, -0.05) is 13.8 Å². The van der Waals surface area contributed by atoms with E-state index in [4.69, 9.17) is 4.74 Å². The molecule has 1 fully saturated rings. The summed E-state index contributed by atoms with van der Waals surface area (Å²) in [6, 6.07) is 0. The molecule has 1 rings (SSSR count). The lowest BCUT2D eigenvalue weighted by Crippen LogP contribution is -2.53. The normalized spacial score (nSPS) is 30.9. The lowest BCUT2D eigenvalue weighted by Gasteiger charge is -2.41. The molecule has 1 aliphatic rings. The standard InChI is InChI=1S/C9H15F3O/c1-7(2)8(9(10,11)12)5-3-4-6-13-8/h7H,3-6H2,1-2H3. The average Bonchev–Trinajstić information content (AvgIpc) is 2.03. The van der Waals surface area contributed by atoms with Crippen molar-refractivity contribution in [2.45, 2.75) is 44.9 Å². The first-order valence-corrected chi connectivity index (χ1v) is 4.61. The summed E-state index contributed by atoms with van der Waals surface area (Å²) in [6.07, 6.45) is -2.78. The topological polar surface area (TPSA) is 9.23 Å². The summed E-state index contributed by atoms with van der Waals surface area (Å²) in [5, 5.41) is 0. The Hall–Kier alpha value is -0.250. The summed E-state index contributed by atoms with van der Waals surface area (Å²) < 4.78 is 43.1. The van der Waals surface area contributed by atoms with Crippen LogP contribution < -0.4 is 0 Å². The molecule has 0 bridgehead atoms. The fourth-order valence-electron chi connectivity index (χ4n) is 1.82. The maximum absolute atomic E-state index is 12.7. The van der Waals surface area contributed by atoms with Crippen LogP contribution in [0.15, 0.2) is 0 Å². The Kier molecular flexibility index (Phi) is 2.90. The molecule has 0 aromatic carbocycles. The first-order valence-electron chi connectivity index (χ1n) is 4.61. The minimum absolute atomic E-state index is 0.105. The van der Waals surface area contributed by atoms with E-state index in [2.05, 4.69) is 0 Å². The molecule has 1 nitrogen and oxygen atoms in total. The van der Waals surface area contributed by atoms with E-state index in [1.807, 2.05) is 0 Å². The minimum Gasteiger partial charge on any atom is -0.365 e. The molecule has 0 saturated carbocycles. The van der Waals surface area contributed by atoms with Gasteiger partial charge in [0.1, 0.15) is 0 Å². The van der Waals surface area contributed by atoms with E-state index in [9.17, 15) is 13.2 Å². The monoisotopic (exact) mass is 196 g/mol. The number of ether oxygens (including phenoxy) is 1. The molecule has 0 aromatic heterocycles. The second-order valence-corrected chi connectivity index (χ2v) is 3.85. The van der Waals surface area contributed by atoms with Crippen LogP contribution in [0.1, 0.15) is 33.1 Å². The predicted molar refractivity (Wildman–Crippen MR) is 43.4 cm³/mol.